The molecule has 0 fully saturated rings. The molecule has 0 aliphatic heterocycles. The first-order valence-electron chi connectivity index (χ1n) is 9.02. The highest BCUT2D eigenvalue weighted by Gasteiger charge is 2.26. The summed E-state index contributed by atoms with van der Waals surface area (Å²) in [4.78, 5) is 16.1. The molecule has 1 atom stereocenters. The van der Waals surface area contributed by atoms with Gasteiger partial charge >= 0.3 is 0 Å². The highest BCUT2D eigenvalue weighted by Crippen LogP contribution is 2.36. The van der Waals surface area contributed by atoms with Crippen LogP contribution in [0.4, 0.5) is 0 Å². The SMILES string of the molecule is CN(Cc1nnc2ccccn12)C(=O)[C@@H](Sc1ccccc1)c1ccccc1. The zero-order chi connectivity index (χ0) is 19.3. The Balaban J connectivity index is 1.59. The number of thioether (sulfide) groups is 1. The lowest BCUT2D eigenvalue weighted by atomic mass is 10.1. The molecule has 2 aromatic carbocycles. The highest BCUT2D eigenvalue weighted by atomic mass is 32.2. The van der Waals surface area contributed by atoms with Crippen LogP contribution in [0.2, 0.25) is 0 Å². The lowest BCUT2D eigenvalue weighted by Crippen LogP contribution is -2.31. The van der Waals surface area contributed by atoms with Crippen LogP contribution in [0.5, 0.6) is 0 Å². The van der Waals surface area contributed by atoms with E-state index in [0.717, 1.165) is 21.9 Å². The number of rotatable bonds is 6. The summed E-state index contributed by atoms with van der Waals surface area (Å²) < 4.78 is 1.91. The number of nitrogens with zero attached hydrogens (tertiary/aromatic N) is 4. The minimum absolute atomic E-state index is 0.0349. The molecule has 0 aliphatic carbocycles. The normalized spacial score (nSPS) is 12.0. The standard InChI is InChI=1S/C22H20N4OS/c1-25(16-20-24-23-19-14-8-9-15-26(19)20)22(27)21(17-10-4-2-5-11-17)28-18-12-6-3-7-13-18/h2-15,21H,16H2,1H3/t21-/m0/s1. The number of aromatic nitrogens is 3. The Morgan fingerprint density at radius 2 is 1.64 bits per heavy atom. The minimum Gasteiger partial charge on any atom is -0.337 e. The molecule has 0 N–H and O–H groups in total. The first-order valence-corrected chi connectivity index (χ1v) is 9.90. The Labute approximate surface area is 168 Å². The van der Waals surface area contributed by atoms with Crippen LogP contribution in [0.25, 0.3) is 5.65 Å². The summed E-state index contributed by atoms with van der Waals surface area (Å²) in [5.74, 6) is 0.774. The van der Waals surface area contributed by atoms with Crippen molar-refractivity contribution in [2.75, 3.05) is 7.05 Å². The molecule has 28 heavy (non-hydrogen) atoms. The monoisotopic (exact) mass is 388 g/mol. The maximum atomic E-state index is 13.4. The average Bonchev–Trinajstić information content (AvgIpc) is 3.16. The van der Waals surface area contributed by atoms with Crippen LogP contribution in [-0.2, 0) is 11.3 Å². The molecule has 0 bridgehead atoms. The smallest absolute Gasteiger partial charge is 0.240 e. The average molecular weight is 388 g/mol. The van der Waals surface area contributed by atoms with Gasteiger partial charge < -0.3 is 4.90 Å². The van der Waals surface area contributed by atoms with Crippen LogP contribution in [-0.4, -0.2) is 32.5 Å². The summed E-state index contributed by atoms with van der Waals surface area (Å²) in [5, 5.41) is 8.09. The summed E-state index contributed by atoms with van der Waals surface area (Å²) in [5.41, 5.74) is 1.76. The first kappa shape index (κ1) is 18.3. The molecule has 140 valence electrons. The number of hydrogen-bond donors (Lipinski definition) is 0. The van der Waals surface area contributed by atoms with Crippen LogP contribution < -0.4 is 0 Å². The van der Waals surface area contributed by atoms with Crippen molar-refractivity contribution in [2.24, 2.45) is 0 Å². The topological polar surface area (TPSA) is 50.5 Å². The van der Waals surface area contributed by atoms with Crippen molar-refractivity contribution < 1.29 is 4.79 Å². The molecule has 0 unspecified atom stereocenters. The lowest BCUT2D eigenvalue weighted by molar-refractivity contribution is -0.130. The summed E-state index contributed by atoms with van der Waals surface area (Å²) in [6, 6.07) is 25.6. The molecular weight excluding hydrogens is 368 g/mol. The van der Waals surface area contributed by atoms with E-state index in [-0.39, 0.29) is 11.2 Å². The highest BCUT2D eigenvalue weighted by molar-refractivity contribution is 8.00. The zero-order valence-corrected chi connectivity index (χ0v) is 16.3. The molecule has 5 nitrogen and oxygen atoms in total. The Morgan fingerprint density at radius 1 is 0.964 bits per heavy atom. The second-order valence-corrected chi connectivity index (χ2v) is 7.64. The van der Waals surface area contributed by atoms with Gasteiger partial charge in [0.15, 0.2) is 11.5 Å². The molecule has 1 amide bonds. The van der Waals surface area contributed by atoms with Crippen LogP contribution >= 0.6 is 11.8 Å². The minimum atomic E-state index is -0.326. The van der Waals surface area contributed by atoms with Crippen LogP contribution in [0.1, 0.15) is 16.6 Å². The van der Waals surface area contributed by atoms with E-state index in [1.165, 1.54) is 0 Å². The Kier molecular flexibility index (Phi) is 5.39. The molecule has 0 aliphatic rings. The summed E-state index contributed by atoms with van der Waals surface area (Å²) in [6.07, 6.45) is 1.91. The molecule has 4 aromatic rings. The predicted molar refractivity (Wildman–Crippen MR) is 111 cm³/mol. The number of carbonyl (C=O) groups excluding carboxylic acids is 1. The Morgan fingerprint density at radius 3 is 2.39 bits per heavy atom. The van der Waals surface area contributed by atoms with Gasteiger partial charge in [-0.05, 0) is 29.8 Å². The van der Waals surface area contributed by atoms with Crippen LogP contribution in [0.3, 0.4) is 0 Å². The Bertz CT molecular complexity index is 1070. The van der Waals surface area contributed by atoms with Gasteiger partial charge in [0.1, 0.15) is 5.25 Å². The number of pyridine rings is 1. The third-order valence-electron chi connectivity index (χ3n) is 4.46. The second kappa shape index (κ2) is 8.27. The van der Waals surface area contributed by atoms with E-state index in [4.69, 9.17) is 0 Å². The van der Waals surface area contributed by atoms with Gasteiger partial charge in [-0.3, -0.25) is 9.20 Å². The van der Waals surface area contributed by atoms with Crippen molar-refractivity contribution in [2.45, 2.75) is 16.7 Å². The largest absolute Gasteiger partial charge is 0.337 e. The van der Waals surface area contributed by atoms with E-state index in [2.05, 4.69) is 10.2 Å². The van der Waals surface area contributed by atoms with Gasteiger partial charge in [0.2, 0.25) is 5.91 Å². The molecule has 2 heterocycles. The third-order valence-corrected chi connectivity index (χ3v) is 5.72. The van der Waals surface area contributed by atoms with Crippen molar-refractivity contribution in [3.05, 3.63) is 96.4 Å². The van der Waals surface area contributed by atoms with E-state index in [1.54, 1.807) is 16.7 Å². The molecule has 2 aromatic heterocycles. The van der Waals surface area contributed by atoms with Gasteiger partial charge in [-0.2, -0.15) is 0 Å². The second-order valence-electron chi connectivity index (χ2n) is 6.46. The van der Waals surface area contributed by atoms with Crippen molar-refractivity contribution in [3.8, 4) is 0 Å². The maximum Gasteiger partial charge on any atom is 0.240 e. The van der Waals surface area contributed by atoms with E-state index < -0.39 is 0 Å². The molecule has 4 rings (SSSR count). The van der Waals surface area contributed by atoms with E-state index >= 15 is 0 Å². The predicted octanol–water partition coefficient (Wildman–Crippen LogP) is 4.22. The number of likely N-dealkylation sites (N-methyl/N-ethyl adjacent to an activating group) is 1. The molecule has 0 saturated carbocycles. The maximum absolute atomic E-state index is 13.4. The van der Waals surface area contributed by atoms with Crippen LogP contribution in [0, 0.1) is 0 Å². The lowest BCUT2D eigenvalue weighted by Gasteiger charge is -2.23. The van der Waals surface area contributed by atoms with Crippen molar-refractivity contribution in [3.63, 3.8) is 0 Å². The molecule has 0 spiro atoms. The zero-order valence-electron chi connectivity index (χ0n) is 15.5. The number of carbonyl (C=O) groups is 1. The fraction of sp³-hybridized carbons (Fsp3) is 0.136. The fourth-order valence-electron chi connectivity index (χ4n) is 3.01. The van der Waals surface area contributed by atoms with Crippen molar-refractivity contribution in [1.82, 2.24) is 19.5 Å². The van der Waals surface area contributed by atoms with Gasteiger partial charge in [-0.25, -0.2) is 0 Å². The van der Waals surface area contributed by atoms with Crippen molar-refractivity contribution in [1.29, 1.82) is 0 Å². The quantitative estimate of drug-likeness (QED) is 0.464. The number of fused-ring (bicyclic) bond motifs is 1. The number of benzene rings is 2. The molecule has 0 saturated heterocycles. The third kappa shape index (κ3) is 3.92. The molecule has 6 heteroatoms. The van der Waals surface area contributed by atoms with Gasteiger partial charge in [0.05, 0.1) is 6.54 Å². The fourth-order valence-corrected chi connectivity index (χ4v) is 4.17. The number of hydrogen-bond acceptors (Lipinski definition) is 4. The van der Waals surface area contributed by atoms with Crippen LogP contribution in [0.15, 0.2) is 90.0 Å². The van der Waals surface area contributed by atoms with Gasteiger partial charge in [-0.15, -0.1) is 22.0 Å². The van der Waals surface area contributed by atoms with E-state index in [1.807, 2.05) is 96.5 Å². The molecular formula is C22H20N4OS. The van der Waals surface area contributed by atoms with Crippen molar-refractivity contribution >= 4 is 23.3 Å². The summed E-state index contributed by atoms with van der Waals surface area (Å²) in [7, 11) is 1.81. The van der Waals surface area contributed by atoms with E-state index in [0.29, 0.717) is 6.54 Å². The summed E-state index contributed by atoms with van der Waals surface area (Å²) in [6.45, 7) is 0.392. The van der Waals surface area contributed by atoms with E-state index in [9.17, 15) is 4.79 Å². The van der Waals surface area contributed by atoms with Gasteiger partial charge in [0, 0.05) is 18.1 Å². The number of amides is 1. The molecule has 0 radical (unpaired) electrons. The van der Waals surface area contributed by atoms with Gasteiger partial charge in [0.25, 0.3) is 0 Å². The van der Waals surface area contributed by atoms with Gasteiger partial charge in [-0.1, -0.05) is 54.6 Å². The Hall–Kier alpha value is -3.12. The first-order chi connectivity index (χ1) is 13.7. The summed E-state index contributed by atoms with van der Waals surface area (Å²) >= 11 is 1.56.